The molecule has 4 heterocycles. The summed E-state index contributed by atoms with van der Waals surface area (Å²) >= 11 is 0. The van der Waals surface area contributed by atoms with Gasteiger partial charge in [0.05, 0.1) is 0 Å². The topological polar surface area (TPSA) is 37.5 Å². The van der Waals surface area contributed by atoms with Gasteiger partial charge in [-0.1, -0.05) is 18.2 Å². The molecule has 1 aromatic heterocycles. The third kappa shape index (κ3) is 1.66. The minimum atomic E-state index is 0.346. The zero-order chi connectivity index (χ0) is 15.7. The largest absolute Gasteiger partial charge is 0.454 e. The van der Waals surface area contributed by atoms with E-state index < -0.39 is 0 Å². The molecule has 24 heavy (non-hydrogen) atoms. The van der Waals surface area contributed by atoms with Crippen molar-refractivity contribution in [3.8, 4) is 11.5 Å². The molecule has 1 N–H and O–H groups in total. The summed E-state index contributed by atoms with van der Waals surface area (Å²) in [6.07, 6.45) is 2.14. The second-order valence-electron chi connectivity index (χ2n) is 6.97. The van der Waals surface area contributed by atoms with Gasteiger partial charge in [0.2, 0.25) is 6.79 Å². The number of fused-ring (bicyclic) bond motifs is 7. The van der Waals surface area contributed by atoms with Crippen molar-refractivity contribution in [2.75, 3.05) is 13.3 Å². The maximum absolute atomic E-state index is 5.62. The van der Waals surface area contributed by atoms with Crippen LogP contribution in [-0.4, -0.2) is 23.2 Å². The highest BCUT2D eigenvalue weighted by molar-refractivity contribution is 5.85. The minimum absolute atomic E-state index is 0.346. The van der Waals surface area contributed by atoms with Crippen LogP contribution in [-0.2, 0) is 19.4 Å². The van der Waals surface area contributed by atoms with Crippen LogP contribution in [0.2, 0.25) is 0 Å². The smallest absolute Gasteiger partial charge is 0.231 e. The van der Waals surface area contributed by atoms with Crippen LogP contribution < -0.4 is 9.47 Å². The number of H-pyrrole nitrogens is 1. The standard InChI is InChI=1S/C20H18N2O2/c1-2-4-16-13(3-1)15-8-18-14-9-20-19(23-11-24-20)7-12(14)5-6-22(18)10-17(15)21-16/h1-4,7,9,18,21H,5-6,8,10-11H2. The quantitative estimate of drug-likeness (QED) is 0.689. The zero-order valence-corrected chi connectivity index (χ0v) is 13.3. The summed E-state index contributed by atoms with van der Waals surface area (Å²) < 4.78 is 11.2. The Morgan fingerprint density at radius 1 is 1.08 bits per heavy atom. The molecule has 0 spiro atoms. The molecule has 0 fully saturated rings. The lowest BCUT2D eigenvalue weighted by molar-refractivity contribution is 0.159. The minimum Gasteiger partial charge on any atom is -0.454 e. The molecule has 120 valence electrons. The predicted octanol–water partition coefficient (Wildman–Crippen LogP) is 3.55. The van der Waals surface area contributed by atoms with Crippen molar-refractivity contribution in [2.24, 2.45) is 0 Å². The van der Waals surface area contributed by atoms with Crippen LogP contribution in [0, 0.1) is 0 Å². The van der Waals surface area contributed by atoms with Crippen molar-refractivity contribution in [3.05, 3.63) is 58.8 Å². The van der Waals surface area contributed by atoms with Gasteiger partial charge in [-0.15, -0.1) is 0 Å². The first kappa shape index (κ1) is 12.9. The van der Waals surface area contributed by atoms with Crippen LogP contribution in [0.5, 0.6) is 11.5 Å². The van der Waals surface area contributed by atoms with Crippen LogP contribution >= 0.6 is 0 Å². The monoisotopic (exact) mass is 318 g/mol. The molecule has 3 aromatic rings. The first-order valence-corrected chi connectivity index (χ1v) is 8.62. The Balaban J connectivity index is 1.49. The lowest BCUT2D eigenvalue weighted by Crippen LogP contribution is -2.39. The van der Waals surface area contributed by atoms with Crippen molar-refractivity contribution >= 4 is 10.9 Å². The van der Waals surface area contributed by atoms with Gasteiger partial charge >= 0.3 is 0 Å². The second kappa shape index (κ2) is 4.54. The summed E-state index contributed by atoms with van der Waals surface area (Å²) in [5, 5.41) is 1.38. The molecular formula is C20H18N2O2. The zero-order valence-electron chi connectivity index (χ0n) is 13.3. The van der Waals surface area contributed by atoms with E-state index in [4.69, 9.17) is 9.47 Å². The number of hydrogen-bond donors (Lipinski definition) is 1. The van der Waals surface area contributed by atoms with Gasteiger partial charge in [0.15, 0.2) is 11.5 Å². The van der Waals surface area contributed by atoms with Crippen molar-refractivity contribution in [1.29, 1.82) is 0 Å². The molecule has 4 heteroatoms. The van der Waals surface area contributed by atoms with E-state index in [0.717, 1.165) is 37.4 Å². The molecular weight excluding hydrogens is 300 g/mol. The lowest BCUT2D eigenvalue weighted by atomic mass is 9.85. The van der Waals surface area contributed by atoms with E-state index in [2.05, 4.69) is 46.3 Å². The van der Waals surface area contributed by atoms with Gasteiger partial charge < -0.3 is 14.5 Å². The van der Waals surface area contributed by atoms with Crippen LogP contribution in [0.4, 0.5) is 0 Å². The van der Waals surface area contributed by atoms with Crippen molar-refractivity contribution < 1.29 is 9.47 Å². The fraction of sp³-hybridized carbons (Fsp3) is 0.300. The van der Waals surface area contributed by atoms with Crippen molar-refractivity contribution in [1.82, 2.24) is 9.88 Å². The van der Waals surface area contributed by atoms with Crippen molar-refractivity contribution in [3.63, 3.8) is 0 Å². The normalized spacial score (nSPS) is 21.4. The molecule has 3 aliphatic rings. The Bertz CT molecular complexity index is 975. The van der Waals surface area contributed by atoms with E-state index >= 15 is 0 Å². The number of nitrogens with one attached hydrogen (secondary N) is 1. The van der Waals surface area contributed by atoms with Crippen LogP contribution in [0.3, 0.4) is 0 Å². The molecule has 4 nitrogen and oxygen atoms in total. The van der Waals surface area contributed by atoms with E-state index in [1.807, 2.05) is 0 Å². The molecule has 0 bridgehead atoms. The molecule has 3 aliphatic heterocycles. The summed E-state index contributed by atoms with van der Waals surface area (Å²) in [6.45, 7) is 2.45. The average Bonchev–Trinajstić information content (AvgIpc) is 3.21. The predicted molar refractivity (Wildman–Crippen MR) is 91.4 cm³/mol. The summed E-state index contributed by atoms with van der Waals surface area (Å²) in [5.74, 6) is 1.81. The van der Waals surface area contributed by atoms with Gasteiger partial charge in [-0.2, -0.15) is 0 Å². The van der Waals surface area contributed by atoms with Crippen LogP contribution in [0.1, 0.15) is 28.4 Å². The summed E-state index contributed by atoms with van der Waals surface area (Å²) in [6, 6.07) is 13.5. The van der Waals surface area contributed by atoms with Gasteiger partial charge in [0.25, 0.3) is 0 Å². The Kier molecular flexibility index (Phi) is 2.44. The maximum Gasteiger partial charge on any atom is 0.231 e. The van der Waals surface area contributed by atoms with Crippen LogP contribution in [0.25, 0.3) is 10.9 Å². The molecule has 6 rings (SSSR count). The average molecular weight is 318 g/mol. The van der Waals surface area contributed by atoms with Crippen molar-refractivity contribution in [2.45, 2.75) is 25.4 Å². The van der Waals surface area contributed by atoms with Gasteiger partial charge in [0.1, 0.15) is 0 Å². The molecule has 1 unspecified atom stereocenters. The first-order valence-electron chi connectivity index (χ1n) is 8.62. The Morgan fingerprint density at radius 2 is 1.96 bits per heavy atom. The highest BCUT2D eigenvalue weighted by Crippen LogP contribution is 2.44. The number of rotatable bonds is 0. The lowest BCUT2D eigenvalue weighted by Gasteiger charge is -2.40. The Hall–Kier alpha value is -2.46. The third-order valence-corrected chi connectivity index (χ3v) is 5.76. The van der Waals surface area contributed by atoms with E-state index in [1.165, 1.54) is 33.3 Å². The fourth-order valence-corrected chi connectivity index (χ4v) is 4.59. The van der Waals surface area contributed by atoms with Gasteiger partial charge in [0, 0.05) is 35.7 Å². The number of nitrogens with zero attached hydrogens (tertiary/aromatic N) is 1. The Morgan fingerprint density at radius 3 is 2.92 bits per heavy atom. The summed E-state index contributed by atoms with van der Waals surface area (Å²) in [5.41, 5.74) is 6.97. The molecule has 1 atom stereocenters. The number of benzene rings is 2. The molecule has 0 aliphatic carbocycles. The number of para-hydroxylation sites is 1. The number of ether oxygens (including phenoxy) is 2. The summed E-state index contributed by atoms with van der Waals surface area (Å²) in [4.78, 5) is 6.23. The van der Waals surface area contributed by atoms with Gasteiger partial charge in [-0.3, -0.25) is 4.90 Å². The SMILES string of the molecule is c1ccc2c3c([nH]c2c1)CN1CCc2cc4c(cc2C1C3)OCO4. The molecule has 0 amide bonds. The third-order valence-electron chi connectivity index (χ3n) is 5.76. The summed E-state index contributed by atoms with van der Waals surface area (Å²) in [7, 11) is 0. The highest BCUT2D eigenvalue weighted by atomic mass is 16.7. The number of aromatic nitrogens is 1. The first-order chi connectivity index (χ1) is 11.9. The highest BCUT2D eigenvalue weighted by Gasteiger charge is 2.35. The van der Waals surface area contributed by atoms with E-state index in [0.29, 0.717) is 12.8 Å². The van der Waals surface area contributed by atoms with Crippen LogP contribution in [0.15, 0.2) is 36.4 Å². The molecule has 2 aromatic carbocycles. The van der Waals surface area contributed by atoms with E-state index in [9.17, 15) is 0 Å². The Labute approximate surface area is 140 Å². The van der Waals surface area contributed by atoms with E-state index in [-0.39, 0.29) is 0 Å². The molecule has 0 radical (unpaired) electrons. The number of hydrogen-bond acceptors (Lipinski definition) is 3. The van der Waals surface area contributed by atoms with E-state index in [1.54, 1.807) is 0 Å². The fourth-order valence-electron chi connectivity index (χ4n) is 4.59. The molecule has 0 saturated heterocycles. The number of aromatic amines is 1. The molecule has 0 saturated carbocycles. The maximum atomic E-state index is 5.62. The van der Waals surface area contributed by atoms with Gasteiger partial charge in [-0.05, 0) is 47.7 Å². The van der Waals surface area contributed by atoms with Gasteiger partial charge in [-0.25, -0.2) is 0 Å². The second-order valence-corrected chi connectivity index (χ2v) is 6.97.